The first kappa shape index (κ1) is 19.7. The van der Waals surface area contributed by atoms with Gasteiger partial charge >= 0.3 is 6.18 Å². The summed E-state index contributed by atoms with van der Waals surface area (Å²) in [5.74, 6) is -1.09. The minimum atomic E-state index is -4.54. The highest BCUT2D eigenvalue weighted by Crippen LogP contribution is 2.38. The topological polar surface area (TPSA) is 71.5 Å². The number of para-hydroxylation sites is 1. The number of pyridine rings is 1. The standard InChI is InChI=1S/C19H12BrF3N2O3/c20-16-10-9-14(26)17(25-16)18(27)24-11-5-7-12(8-6-11)28-15-4-2-1-3-13(15)19(21,22)23/h1-10,26H,(H,24,27). The summed E-state index contributed by atoms with van der Waals surface area (Å²) in [6.07, 6.45) is -4.54. The van der Waals surface area contributed by atoms with E-state index < -0.39 is 17.6 Å². The molecule has 2 N–H and O–H groups in total. The van der Waals surface area contributed by atoms with Crippen LogP contribution >= 0.6 is 15.9 Å². The van der Waals surface area contributed by atoms with Crippen molar-refractivity contribution >= 4 is 27.5 Å². The van der Waals surface area contributed by atoms with Crippen LogP contribution in [0.5, 0.6) is 17.2 Å². The van der Waals surface area contributed by atoms with Crippen LogP contribution in [-0.2, 0) is 6.18 Å². The predicted octanol–water partition coefficient (Wildman–Crippen LogP) is 5.61. The number of benzene rings is 2. The van der Waals surface area contributed by atoms with Gasteiger partial charge in [0.25, 0.3) is 5.91 Å². The summed E-state index contributed by atoms with van der Waals surface area (Å²) in [5.41, 5.74) is -0.708. The summed E-state index contributed by atoms with van der Waals surface area (Å²) in [4.78, 5) is 16.1. The smallest absolute Gasteiger partial charge is 0.419 e. The maximum atomic E-state index is 13.0. The molecule has 0 saturated carbocycles. The Labute approximate surface area is 165 Å². The van der Waals surface area contributed by atoms with E-state index in [0.717, 1.165) is 6.07 Å². The molecule has 0 saturated heterocycles. The molecule has 0 aliphatic rings. The summed E-state index contributed by atoms with van der Waals surface area (Å²) < 4.78 is 44.8. The highest BCUT2D eigenvalue weighted by Gasteiger charge is 2.34. The summed E-state index contributed by atoms with van der Waals surface area (Å²) in [6.45, 7) is 0. The number of nitrogens with one attached hydrogen (secondary N) is 1. The fraction of sp³-hybridized carbons (Fsp3) is 0.0526. The van der Waals surface area contributed by atoms with Gasteiger partial charge in [-0.2, -0.15) is 13.2 Å². The van der Waals surface area contributed by atoms with E-state index in [4.69, 9.17) is 4.74 Å². The van der Waals surface area contributed by atoms with Crippen molar-refractivity contribution in [2.24, 2.45) is 0 Å². The largest absolute Gasteiger partial charge is 0.505 e. The van der Waals surface area contributed by atoms with Gasteiger partial charge in [0.2, 0.25) is 0 Å². The number of carbonyl (C=O) groups is 1. The number of anilines is 1. The van der Waals surface area contributed by atoms with E-state index >= 15 is 0 Å². The number of nitrogens with zero attached hydrogens (tertiary/aromatic N) is 1. The Balaban J connectivity index is 1.74. The van der Waals surface area contributed by atoms with Crippen molar-refractivity contribution in [2.45, 2.75) is 6.18 Å². The van der Waals surface area contributed by atoms with E-state index in [1.807, 2.05) is 0 Å². The van der Waals surface area contributed by atoms with Crippen molar-refractivity contribution in [3.8, 4) is 17.2 Å². The molecule has 2 aromatic carbocycles. The summed E-state index contributed by atoms with van der Waals surface area (Å²) in [6, 6.07) is 13.4. The number of aromatic hydroxyl groups is 1. The van der Waals surface area contributed by atoms with Crippen LogP contribution in [0.1, 0.15) is 16.1 Å². The molecule has 3 aromatic rings. The van der Waals surface area contributed by atoms with Crippen LogP contribution in [0.2, 0.25) is 0 Å². The van der Waals surface area contributed by atoms with E-state index in [-0.39, 0.29) is 22.9 Å². The van der Waals surface area contributed by atoms with Crippen LogP contribution in [0, 0.1) is 0 Å². The molecule has 144 valence electrons. The SMILES string of the molecule is O=C(Nc1ccc(Oc2ccccc2C(F)(F)F)cc1)c1nc(Br)ccc1O. The predicted molar refractivity (Wildman–Crippen MR) is 99.5 cm³/mol. The van der Waals surface area contributed by atoms with Gasteiger partial charge in [0.1, 0.15) is 21.9 Å². The molecule has 0 fully saturated rings. The molecular weight excluding hydrogens is 441 g/mol. The average Bonchev–Trinajstić information content (AvgIpc) is 2.65. The molecule has 3 rings (SSSR count). The molecule has 1 amide bonds. The maximum absolute atomic E-state index is 13.0. The van der Waals surface area contributed by atoms with Crippen molar-refractivity contribution in [3.05, 3.63) is 76.5 Å². The number of alkyl halides is 3. The number of ether oxygens (including phenoxy) is 1. The molecule has 0 aliphatic carbocycles. The first-order chi connectivity index (χ1) is 13.2. The molecular formula is C19H12BrF3N2O3. The molecule has 0 spiro atoms. The molecule has 0 unspecified atom stereocenters. The maximum Gasteiger partial charge on any atom is 0.419 e. The molecule has 9 heteroatoms. The lowest BCUT2D eigenvalue weighted by molar-refractivity contribution is -0.138. The van der Waals surface area contributed by atoms with Crippen LogP contribution in [0.25, 0.3) is 0 Å². The highest BCUT2D eigenvalue weighted by atomic mass is 79.9. The number of hydrogen-bond donors (Lipinski definition) is 2. The van der Waals surface area contributed by atoms with Crippen molar-refractivity contribution in [1.29, 1.82) is 0 Å². The quantitative estimate of drug-likeness (QED) is 0.504. The van der Waals surface area contributed by atoms with E-state index in [2.05, 4.69) is 26.2 Å². The minimum Gasteiger partial charge on any atom is -0.505 e. The van der Waals surface area contributed by atoms with Gasteiger partial charge in [-0.05, 0) is 64.5 Å². The zero-order chi connectivity index (χ0) is 20.3. The monoisotopic (exact) mass is 452 g/mol. The van der Waals surface area contributed by atoms with Crippen molar-refractivity contribution in [1.82, 2.24) is 4.98 Å². The second-order valence-corrected chi connectivity index (χ2v) is 6.39. The molecule has 0 atom stereocenters. The van der Waals surface area contributed by atoms with Crippen LogP contribution in [0.4, 0.5) is 18.9 Å². The summed E-state index contributed by atoms with van der Waals surface area (Å²) in [7, 11) is 0. The molecule has 0 aliphatic heterocycles. The second-order valence-electron chi connectivity index (χ2n) is 5.58. The van der Waals surface area contributed by atoms with Gasteiger partial charge in [-0.15, -0.1) is 0 Å². The van der Waals surface area contributed by atoms with Crippen molar-refractivity contribution in [3.63, 3.8) is 0 Å². The lowest BCUT2D eigenvalue weighted by atomic mass is 10.2. The lowest BCUT2D eigenvalue weighted by Gasteiger charge is -2.13. The van der Waals surface area contributed by atoms with Crippen LogP contribution < -0.4 is 10.1 Å². The van der Waals surface area contributed by atoms with Gasteiger partial charge in [0.05, 0.1) is 5.56 Å². The molecule has 28 heavy (non-hydrogen) atoms. The van der Waals surface area contributed by atoms with Gasteiger partial charge in [0.15, 0.2) is 5.69 Å². The Hall–Kier alpha value is -3.07. The Kier molecular flexibility index (Phi) is 5.55. The summed E-state index contributed by atoms with van der Waals surface area (Å²) >= 11 is 3.11. The van der Waals surface area contributed by atoms with Crippen LogP contribution in [0.15, 0.2) is 65.3 Å². The third kappa shape index (κ3) is 4.61. The van der Waals surface area contributed by atoms with E-state index in [1.165, 1.54) is 54.6 Å². The fourth-order valence-electron chi connectivity index (χ4n) is 2.31. The fourth-order valence-corrected chi connectivity index (χ4v) is 2.62. The molecule has 1 aromatic heterocycles. The van der Waals surface area contributed by atoms with E-state index in [0.29, 0.717) is 10.3 Å². The molecule has 0 radical (unpaired) electrons. The number of aromatic nitrogens is 1. The van der Waals surface area contributed by atoms with Gasteiger partial charge in [-0.1, -0.05) is 12.1 Å². The van der Waals surface area contributed by atoms with Gasteiger partial charge < -0.3 is 15.2 Å². The third-order valence-corrected chi connectivity index (χ3v) is 4.03. The summed E-state index contributed by atoms with van der Waals surface area (Å²) in [5, 5.41) is 12.3. The Morgan fingerprint density at radius 3 is 2.39 bits per heavy atom. The highest BCUT2D eigenvalue weighted by molar-refractivity contribution is 9.10. The van der Waals surface area contributed by atoms with E-state index in [9.17, 15) is 23.1 Å². The first-order valence-corrected chi connectivity index (χ1v) is 8.64. The van der Waals surface area contributed by atoms with Crippen molar-refractivity contribution < 1.29 is 27.8 Å². The average molecular weight is 453 g/mol. The van der Waals surface area contributed by atoms with Crippen LogP contribution in [0.3, 0.4) is 0 Å². The Morgan fingerprint density at radius 2 is 1.71 bits per heavy atom. The zero-order valence-electron chi connectivity index (χ0n) is 14.0. The number of hydrogen-bond acceptors (Lipinski definition) is 4. The Bertz CT molecular complexity index is 1010. The number of halogens is 4. The third-order valence-electron chi connectivity index (χ3n) is 3.59. The first-order valence-electron chi connectivity index (χ1n) is 7.85. The normalized spacial score (nSPS) is 11.1. The Morgan fingerprint density at radius 1 is 1.04 bits per heavy atom. The minimum absolute atomic E-state index is 0.165. The molecule has 1 heterocycles. The van der Waals surface area contributed by atoms with E-state index in [1.54, 1.807) is 0 Å². The number of amides is 1. The van der Waals surface area contributed by atoms with Crippen molar-refractivity contribution in [2.75, 3.05) is 5.32 Å². The van der Waals surface area contributed by atoms with Gasteiger partial charge in [-0.3, -0.25) is 4.79 Å². The number of carbonyl (C=O) groups excluding carboxylic acids is 1. The molecule has 5 nitrogen and oxygen atoms in total. The van der Waals surface area contributed by atoms with Gasteiger partial charge in [-0.25, -0.2) is 4.98 Å². The number of rotatable bonds is 4. The lowest BCUT2D eigenvalue weighted by Crippen LogP contribution is -2.14. The zero-order valence-corrected chi connectivity index (χ0v) is 15.6. The molecule has 0 bridgehead atoms. The van der Waals surface area contributed by atoms with Gasteiger partial charge in [0, 0.05) is 5.69 Å². The second kappa shape index (κ2) is 7.89. The van der Waals surface area contributed by atoms with Crippen LogP contribution in [-0.4, -0.2) is 16.0 Å².